The lowest BCUT2D eigenvalue weighted by Gasteiger charge is -2.37. The molecule has 1 saturated heterocycles. The molecule has 204 valence electrons. The lowest BCUT2D eigenvalue weighted by Crippen LogP contribution is -2.40. The summed E-state index contributed by atoms with van der Waals surface area (Å²) < 4.78 is 13.4. The van der Waals surface area contributed by atoms with Gasteiger partial charge >= 0.3 is 0 Å². The smallest absolute Gasteiger partial charge is 0.256 e. The van der Waals surface area contributed by atoms with E-state index in [9.17, 15) is 14.0 Å². The predicted octanol–water partition coefficient (Wildman–Crippen LogP) is 6.88. The fourth-order valence-electron chi connectivity index (χ4n) is 5.59. The van der Waals surface area contributed by atoms with Crippen molar-refractivity contribution < 1.29 is 14.0 Å². The maximum Gasteiger partial charge on any atom is 0.256 e. The Morgan fingerprint density at radius 2 is 1.50 bits per heavy atom. The van der Waals surface area contributed by atoms with Crippen molar-refractivity contribution in [2.75, 3.05) is 29.9 Å². The van der Waals surface area contributed by atoms with Crippen LogP contribution in [0.3, 0.4) is 0 Å². The van der Waals surface area contributed by atoms with Gasteiger partial charge in [-0.25, -0.2) is 4.39 Å². The highest BCUT2D eigenvalue weighted by Gasteiger charge is 2.32. The minimum absolute atomic E-state index is 0.105. The van der Waals surface area contributed by atoms with Crippen LogP contribution in [0.1, 0.15) is 41.6 Å². The first kappa shape index (κ1) is 27.1. The molecule has 1 aliphatic heterocycles. The van der Waals surface area contributed by atoms with E-state index < -0.39 is 0 Å². The average Bonchev–Trinajstić information content (AvgIpc) is 2.99. The Hall–Kier alpha value is -4.45. The van der Waals surface area contributed by atoms with E-state index in [1.807, 2.05) is 67.6 Å². The highest BCUT2D eigenvalue weighted by Crippen LogP contribution is 2.35. The summed E-state index contributed by atoms with van der Waals surface area (Å²) in [5, 5.41) is 6.03. The molecule has 5 rings (SSSR count). The molecular formula is C34H34FN3O2. The van der Waals surface area contributed by atoms with Gasteiger partial charge in [-0.2, -0.15) is 0 Å². The minimum atomic E-state index is -0.312. The van der Waals surface area contributed by atoms with Crippen LogP contribution in [0.2, 0.25) is 0 Å². The third-order valence-electron chi connectivity index (χ3n) is 7.62. The molecule has 4 aromatic rings. The van der Waals surface area contributed by atoms with Gasteiger partial charge in [-0.3, -0.25) is 9.59 Å². The molecule has 4 aromatic carbocycles. The fraction of sp³-hybridized carbons (Fsp3) is 0.235. The first-order valence-corrected chi connectivity index (χ1v) is 13.9. The number of nitrogens with one attached hydrogen (secondary N) is 2. The Morgan fingerprint density at radius 1 is 0.850 bits per heavy atom. The molecule has 1 fully saturated rings. The maximum absolute atomic E-state index is 13.4. The second-order valence-corrected chi connectivity index (χ2v) is 10.2. The number of amides is 2. The normalized spacial score (nSPS) is 14.4. The molecule has 2 N–H and O–H groups in total. The standard InChI is InChI=1S/C34H34FN3O2/c1-2-36-34(40)32(25-8-4-3-5-9-25)26-20-22-38(23-21-26)29-18-16-28(17-19-29)37-33(39)31-11-7-6-10-30(31)24-12-14-27(35)15-13-24/h3-19,26,32H,2,20-23H2,1H3,(H,36,40)(H,37,39). The molecule has 1 unspecified atom stereocenters. The van der Waals surface area contributed by atoms with E-state index >= 15 is 0 Å². The number of halogens is 1. The van der Waals surface area contributed by atoms with Crippen molar-refractivity contribution in [3.8, 4) is 11.1 Å². The number of rotatable bonds is 8. The molecule has 0 saturated carbocycles. The van der Waals surface area contributed by atoms with Crippen molar-refractivity contribution in [2.45, 2.75) is 25.7 Å². The van der Waals surface area contributed by atoms with Gasteiger partial charge < -0.3 is 15.5 Å². The summed E-state index contributed by atoms with van der Waals surface area (Å²) in [7, 11) is 0. The number of hydrogen-bond acceptors (Lipinski definition) is 3. The summed E-state index contributed by atoms with van der Waals surface area (Å²) in [6.07, 6.45) is 1.85. The Kier molecular flexibility index (Phi) is 8.55. The number of hydrogen-bond donors (Lipinski definition) is 2. The minimum Gasteiger partial charge on any atom is -0.372 e. The fourth-order valence-corrected chi connectivity index (χ4v) is 5.59. The Morgan fingerprint density at radius 3 is 2.17 bits per heavy atom. The molecule has 1 aliphatic rings. The monoisotopic (exact) mass is 535 g/mol. The zero-order chi connectivity index (χ0) is 27.9. The molecule has 6 heteroatoms. The van der Waals surface area contributed by atoms with Gasteiger partial charge in [0, 0.05) is 36.6 Å². The van der Waals surface area contributed by atoms with Gasteiger partial charge in [0.25, 0.3) is 5.91 Å². The quantitative estimate of drug-likeness (QED) is 0.259. The van der Waals surface area contributed by atoms with E-state index in [0.717, 1.165) is 48.3 Å². The number of benzene rings is 4. The number of anilines is 2. The van der Waals surface area contributed by atoms with E-state index in [4.69, 9.17) is 0 Å². The molecule has 0 bridgehead atoms. The van der Waals surface area contributed by atoms with Gasteiger partial charge in [0.1, 0.15) is 5.82 Å². The third kappa shape index (κ3) is 6.23. The molecule has 2 amide bonds. The second-order valence-electron chi connectivity index (χ2n) is 10.2. The zero-order valence-corrected chi connectivity index (χ0v) is 22.6. The molecule has 5 nitrogen and oxygen atoms in total. The van der Waals surface area contributed by atoms with Gasteiger partial charge in [0.05, 0.1) is 5.92 Å². The van der Waals surface area contributed by atoms with Crippen LogP contribution in [0.25, 0.3) is 11.1 Å². The van der Waals surface area contributed by atoms with E-state index in [2.05, 4.69) is 27.7 Å². The highest BCUT2D eigenvalue weighted by atomic mass is 19.1. The molecular weight excluding hydrogens is 501 g/mol. The zero-order valence-electron chi connectivity index (χ0n) is 22.6. The van der Waals surface area contributed by atoms with Crippen molar-refractivity contribution in [1.29, 1.82) is 0 Å². The summed E-state index contributed by atoms with van der Waals surface area (Å²) >= 11 is 0. The Balaban J connectivity index is 1.23. The van der Waals surface area contributed by atoms with E-state index in [0.29, 0.717) is 17.8 Å². The molecule has 0 aromatic heterocycles. The number of likely N-dealkylation sites (N-methyl/N-ethyl adjacent to an activating group) is 1. The lowest BCUT2D eigenvalue weighted by molar-refractivity contribution is -0.123. The SMILES string of the molecule is CCNC(=O)C(c1ccccc1)C1CCN(c2ccc(NC(=O)c3ccccc3-c3ccc(F)cc3)cc2)CC1. The van der Waals surface area contributed by atoms with Crippen molar-refractivity contribution in [1.82, 2.24) is 5.32 Å². The first-order valence-electron chi connectivity index (χ1n) is 13.9. The third-order valence-corrected chi connectivity index (χ3v) is 7.62. The summed E-state index contributed by atoms with van der Waals surface area (Å²) in [6.45, 7) is 4.31. The Bertz CT molecular complexity index is 1430. The van der Waals surface area contributed by atoms with Crippen LogP contribution in [0.4, 0.5) is 15.8 Å². The van der Waals surface area contributed by atoms with Crippen LogP contribution in [-0.2, 0) is 4.79 Å². The summed E-state index contributed by atoms with van der Waals surface area (Å²) in [6, 6.07) is 31.5. The molecule has 0 aliphatic carbocycles. The van der Waals surface area contributed by atoms with Gasteiger partial charge in [0.2, 0.25) is 5.91 Å². The Labute approximate surface area is 235 Å². The highest BCUT2D eigenvalue weighted by molar-refractivity contribution is 6.08. The van der Waals surface area contributed by atoms with Crippen LogP contribution >= 0.6 is 0 Å². The number of piperidine rings is 1. The van der Waals surface area contributed by atoms with E-state index in [1.165, 1.54) is 12.1 Å². The number of nitrogens with zero attached hydrogens (tertiary/aromatic N) is 1. The molecule has 0 radical (unpaired) electrons. The van der Waals surface area contributed by atoms with E-state index in [1.54, 1.807) is 18.2 Å². The average molecular weight is 536 g/mol. The maximum atomic E-state index is 13.4. The second kappa shape index (κ2) is 12.6. The van der Waals surface area contributed by atoms with Crippen LogP contribution in [0, 0.1) is 11.7 Å². The molecule has 1 atom stereocenters. The number of carbonyl (C=O) groups is 2. The van der Waals surface area contributed by atoms with Gasteiger partial charge in [-0.15, -0.1) is 0 Å². The predicted molar refractivity (Wildman–Crippen MR) is 159 cm³/mol. The molecule has 1 heterocycles. The van der Waals surface area contributed by atoms with Crippen molar-refractivity contribution in [3.63, 3.8) is 0 Å². The van der Waals surface area contributed by atoms with Gasteiger partial charge in [-0.1, -0.05) is 60.7 Å². The van der Waals surface area contributed by atoms with Crippen molar-refractivity contribution >= 4 is 23.2 Å². The van der Waals surface area contributed by atoms with Crippen molar-refractivity contribution in [2.24, 2.45) is 5.92 Å². The van der Waals surface area contributed by atoms with Gasteiger partial charge in [0.15, 0.2) is 0 Å². The van der Waals surface area contributed by atoms with Crippen LogP contribution in [0.15, 0.2) is 103 Å². The van der Waals surface area contributed by atoms with Crippen LogP contribution in [-0.4, -0.2) is 31.4 Å². The first-order chi connectivity index (χ1) is 19.5. The summed E-state index contributed by atoms with van der Waals surface area (Å²) in [5.41, 5.74) is 4.94. The topological polar surface area (TPSA) is 61.4 Å². The largest absolute Gasteiger partial charge is 0.372 e. The number of carbonyl (C=O) groups excluding carboxylic acids is 2. The summed E-state index contributed by atoms with van der Waals surface area (Å²) in [5.74, 6) is -0.282. The van der Waals surface area contributed by atoms with Crippen LogP contribution < -0.4 is 15.5 Å². The van der Waals surface area contributed by atoms with E-state index in [-0.39, 0.29) is 29.5 Å². The summed E-state index contributed by atoms with van der Waals surface area (Å²) in [4.78, 5) is 28.5. The lowest BCUT2D eigenvalue weighted by atomic mass is 9.79. The van der Waals surface area contributed by atoms with Gasteiger partial charge in [-0.05, 0) is 84.8 Å². The van der Waals surface area contributed by atoms with Crippen LogP contribution in [0.5, 0.6) is 0 Å². The molecule has 40 heavy (non-hydrogen) atoms. The van der Waals surface area contributed by atoms with Crippen molar-refractivity contribution in [3.05, 3.63) is 120 Å². The molecule has 0 spiro atoms.